The largest absolute Gasteiger partial charge is 0.493 e. The van der Waals surface area contributed by atoms with Gasteiger partial charge in [-0.3, -0.25) is 4.79 Å². The molecule has 0 saturated carbocycles. The highest BCUT2D eigenvalue weighted by Gasteiger charge is 2.36. The maximum atomic E-state index is 13.2. The number of fused-ring (bicyclic) bond motifs is 1. The number of likely N-dealkylation sites (N-methyl/N-ethyl adjacent to an activating group) is 2. The van der Waals surface area contributed by atoms with Gasteiger partial charge in [0.2, 0.25) is 0 Å². The lowest BCUT2D eigenvalue weighted by atomic mass is 9.69. The number of methoxy groups -OCH3 is 2. The molecule has 1 unspecified atom stereocenters. The van der Waals surface area contributed by atoms with Crippen molar-refractivity contribution in [3.05, 3.63) is 93.6 Å². The summed E-state index contributed by atoms with van der Waals surface area (Å²) in [6, 6.07) is 24.1. The van der Waals surface area contributed by atoms with Crippen LogP contribution in [-0.4, -0.2) is 63.2 Å². The second-order valence-corrected chi connectivity index (χ2v) is 12.0. The number of hydrogen-bond donors (Lipinski definition) is 0. The highest BCUT2D eigenvalue weighted by molar-refractivity contribution is 5.85. The second-order valence-electron chi connectivity index (χ2n) is 12.0. The Morgan fingerprint density at radius 1 is 0.913 bits per heavy atom. The molecule has 0 fully saturated rings. The summed E-state index contributed by atoms with van der Waals surface area (Å²) < 4.78 is 17.4. The summed E-state index contributed by atoms with van der Waals surface area (Å²) in [4.78, 5) is 17.8. The first-order valence-corrected chi connectivity index (χ1v) is 15.3. The van der Waals surface area contributed by atoms with Gasteiger partial charge in [-0.05, 0) is 70.1 Å². The van der Waals surface area contributed by atoms with E-state index in [4.69, 9.17) is 13.9 Å². The molecule has 0 aliphatic heterocycles. The number of nitriles is 1. The number of benzene rings is 3. The van der Waals surface area contributed by atoms with Crippen molar-refractivity contribution in [2.45, 2.75) is 45.6 Å². The fourth-order valence-corrected chi connectivity index (χ4v) is 5.94. The third-order valence-corrected chi connectivity index (χ3v) is 8.76. The third kappa shape index (κ3) is 8.28. The summed E-state index contributed by atoms with van der Waals surface area (Å²) in [7, 11) is 7.45. The average Bonchev–Trinajstić information content (AvgIpc) is 3.04. The van der Waals surface area contributed by atoms with E-state index in [0.29, 0.717) is 40.3 Å². The molecule has 3 aromatic carbocycles. The molecule has 9 heteroatoms. The number of halogens is 1. The van der Waals surface area contributed by atoms with Crippen LogP contribution < -0.4 is 14.9 Å². The van der Waals surface area contributed by atoms with Crippen LogP contribution in [0.15, 0.2) is 75.9 Å². The lowest BCUT2D eigenvalue weighted by Crippen LogP contribution is -2.34. The van der Waals surface area contributed by atoms with Crippen molar-refractivity contribution in [2.75, 3.05) is 47.9 Å². The SMILES string of the molecule is COc1ccc(C(C#N)(CCCN(C)CCN(C)Cc2cccc3c(=O)c(C)c(-c4ccccc4)oc23)C(C)C)cc1OC.Cl.O. The van der Waals surface area contributed by atoms with Gasteiger partial charge in [0.05, 0.1) is 31.1 Å². The van der Waals surface area contributed by atoms with Gasteiger partial charge in [-0.25, -0.2) is 0 Å². The van der Waals surface area contributed by atoms with E-state index in [1.165, 1.54) is 0 Å². The van der Waals surface area contributed by atoms with E-state index in [9.17, 15) is 10.1 Å². The van der Waals surface area contributed by atoms with E-state index in [-0.39, 0.29) is 29.2 Å². The Morgan fingerprint density at radius 3 is 2.22 bits per heavy atom. The van der Waals surface area contributed by atoms with Crippen molar-refractivity contribution >= 4 is 23.4 Å². The molecule has 1 heterocycles. The molecule has 4 rings (SSSR count). The zero-order chi connectivity index (χ0) is 31.9. The lowest BCUT2D eigenvalue weighted by molar-refractivity contribution is 0.240. The highest BCUT2D eigenvalue weighted by Crippen LogP contribution is 2.40. The van der Waals surface area contributed by atoms with Crippen molar-refractivity contribution in [2.24, 2.45) is 5.92 Å². The van der Waals surface area contributed by atoms with Crippen LogP contribution in [0.3, 0.4) is 0 Å². The molecule has 1 atom stereocenters. The number of hydrogen-bond acceptors (Lipinski definition) is 7. The number of nitrogens with zero attached hydrogens (tertiary/aromatic N) is 3. The summed E-state index contributed by atoms with van der Waals surface area (Å²) in [6.07, 6.45) is 1.63. The van der Waals surface area contributed by atoms with Crippen molar-refractivity contribution in [3.8, 4) is 28.9 Å². The molecular formula is C37H48ClN3O5. The Morgan fingerprint density at radius 2 is 1.59 bits per heavy atom. The summed E-state index contributed by atoms with van der Waals surface area (Å²) in [5.41, 5.74) is 3.52. The van der Waals surface area contributed by atoms with Crippen molar-refractivity contribution < 1.29 is 19.4 Å². The van der Waals surface area contributed by atoms with Gasteiger partial charge in [-0.2, -0.15) is 5.26 Å². The van der Waals surface area contributed by atoms with Crippen LogP contribution in [0.5, 0.6) is 11.5 Å². The molecule has 4 aromatic rings. The van der Waals surface area contributed by atoms with E-state index in [1.54, 1.807) is 14.2 Å². The zero-order valence-corrected chi connectivity index (χ0v) is 28.9. The molecule has 248 valence electrons. The Hall–Kier alpha value is -3.87. The molecular weight excluding hydrogens is 602 g/mol. The van der Waals surface area contributed by atoms with Gasteiger partial charge in [-0.1, -0.05) is 62.4 Å². The fraction of sp³-hybridized carbons (Fsp3) is 0.405. The lowest BCUT2D eigenvalue weighted by Gasteiger charge is -2.32. The van der Waals surface area contributed by atoms with Crippen LogP contribution in [0.4, 0.5) is 0 Å². The smallest absolute Gasteiger partial charge is 0.196 e. The standard InChI is InChI=1S/C37H45N3O4.ClH.H2O/c1-26(2)37(25-38,30-17-18-32(42-6)33(23-30)43-7)19-12-20-39(4)21-22-40(5)24-29-15-11-16-31-34(41)27(3)35(44-36(29)31)28-13-9-8-10-14-28;;/h8-11,13-18,23,26H,12,19-22,24H2,1-7H3;1H;1H2. The quantitative estimate of drug-likeness (QED) is 0.150. The van der Waals surface area contributed by atoms with Crippen molar-refractivity contribution in [1.29, 1.82) is 5.26 Å². The highest BCUT2D eigenvalue weighted by atomic mass is 35.5. The fourth-order valence-electron chi connectivity index (χ4n) is 5.94. The number of rotatable bonds is 14. The van der Waals surface area contributed by atoms with E-state index >= 15 is 0 Å². The molecule has 2 N–H and O–H groups in total. The molecule has 0 aliphatic carbocycles. The van der Waals surface area contributed by atoms with Crippen LogP contribution in [-0.2, 0) is 12.0 Å². The van der Waals surface area contributed by atoms with Crippen LogP contribution in [0.25, 0.3) is 22.3 Å². The van der Waals surface area contributed by atoms with Crippen LogP contribution in [0, 0.1) is 24.2 Å². The minimum absolute atomic E-state index is 0. The summed E-state index contributed by atoms with van der Waals surface area (Å²) in [6.45, 7) is 9.30. The Balaban J connectivity index is 0.00000368. The summed E-state index contributed by atoms with van der Waals surface area (Å²) in [5.74, 6) is 2.06. The molecule has 8 nitrogen and oxygen atoms in total. The Kier molecular flexibility index (Phi) is 14.3. The maximum Gasteiger partial charge on any atom is 0.196 e. The van der Waals surface area contributed by atoms with Crippen LogP contribution in [0.2, 0.25) is 0 Å². The second kappa shape index (κ2) is 17.2. The summed E-state index contributed by atoms with van der Waals surface area (Å²) in [5, 5.41) is 11.0. The molecule has 1 aromatic heterocycles. The topological polar surface area (TPSA) is 110 Å². The molecule has 0 radical (unpaired) electrons. The molecule has 0 aliphatic rings. The van der Waals surface area contributed by atoms with E-state index in [2.05, 4.69) is 43.8 Å². The maximum absolute atomic E-state index is 13.2. The third-order valence-electron chi connectivity index (χ3n) is 8.76. The molecule has 0 saturated heterocycles. The number of para-hydroxylation sites is 1. The van der Waals surface area contributed by atoms with Gasteiger partial charge >= 0.3 is 0 Å². The Bertz CT molecular complexity index is 1670. The molecule has 46 heavy (non-hydrogen) atoms. The number of ether oxygens (including phenoxy) is 2. The predicted molar refractivity (Wildman–Crippen MR) is 188 cm³/mol. The van der Waals surface area contributed by atoms with Gasteiger partial charge in [0, 0.05) is 36.3 Å². The van der Waals surface area contributed by atoms with Gasteiger partial charge < -0.3 is 29.2 Å². The van der Waals surface area contributed by atoms with E-state index in [0.717, 1.165) is 49.2 Å². The molecule has 0 amide bonds. The van der Waals surface area contributed by atoms with Crippen LogP contribution in [0.1, 0.15) is 43.4 Å². The normalized spacial score (nSPS) is 12.4. The van der Waals surface area contributed by atoms with E-state index < -0.39 is 5.41 Å². The van der Waals surface area contributed by atoms with Crippen molar-refractivity contribution in [1.82, 2.24) is 9.80 Å². The minimum Gasteiger partial charge on any atom is -0.493 e. The monoisotopic (exact) mass is 649 g/mol. The van der Waals surface area contributed by atoms with Gasteiger partial charge in [0.25, 0.3) is 0 Å². The van der Waals surface area contributed by atoms with Gasteiger partial charge in [-0.15, -0.1) is 12.4 Å². The van der Waals surface area contributed by atoms with E-state index in [1.807, 2.05) is 73.7 Å². The Labute approximate surface area is 279 Å². The molecule has 0 spiro atoms. The first-order valence-electron chi connectivity index (χ1n) is 15.3. The average molecular weight is 650 g/mol. The zero-order valence-electron chi connectivity index (χ0n) is 28.1. The molecule has 0 bridgehead atoms. The van der Waals surface area contributed by atoms with Crippen LogP contribution >= 0.6 is 12.4 Å². The van der Waals surface area contributed by atoms with Gasteiger partial charge in [0.1, 0.15) is 11.3 Å². The first-order chi connectivity index (χ1) is 21.1. The summed E-state index contributed by atoms with van der Waals surface area (Å²) >= 11 is 0. The van der Waals surface area contributed by atoms with Gasteiger partial charge in [0.15, 0.2) is 16.9 Å². The minimum atomic E-state index is -0.619. The first kappa shape index (κ1) is 38.3. The van der Waals surface area contributed by atoms with Crippen molar-refractivity contribution in [3.63, 3.8) is 0 Å². The predicted octanol–water partition coefficient (Wildman–Crippen LogP) is 6.64.